The first kappa shape index (κ1) is 15.0. The highest BCUT2D eigenvalue weighted by molar-refractivity contribution is 9.09. The zero-order valence-corrected chi connectivity index (χ0v) is 12.8. The quantitative estimate of drug-likeness (QED) is 0.654. The third-order valence-corrected chi connectivity index (χ3v) is 4.32. The van der Waals surface area contributed by atoms with Crippen LogP contribution in [0.3, 0.4) is 0 Å². The third-order valence-electron chi connectivity index (χ3n) is 3.86. The maximum atomic E-state index is 12.3. The van der Waals surface area contributed by atoms with E-state index in [-0.39, 0.29) is 5.92 Å². The Bertz CT molecular complexity index is 232. The second kappa shape index (κ2) is 8.12. The standard InChI is InChI=1S/C14H26BrNO/c1-3-5-6-13(4-2)14(17)16-10-8-12(11-16)7-9-15/h12-13H,3-11H2,1-2H3. The van der Waals surface area contributed by atoms with Crippen LogP contribution in [0.1, 0.15) is 52.4 Å². The van der Waals surface area contributed by atoms with E-state index >= 15 is 0 Å². The van der Waals surface area contributed by atoms with Crippen LogP contribution in [0.5, 0.6) is 0 Å². The largest absolute Gasteiger partial charge is 0.342 e. The minimum Gasteiger partial charge on any atom is -0.342 e. The first-order chi connectivity index (χ1) is 8.22. The van der Waals surface area contributed by atoms with Crippen molar-refractivity contribution in [3.8, 4) is 0 Å². The lowest BCUT2D eigenvalue weighted by Gasteiger charge is -2.22. The lowest BCUT2D eigenvalue weighted by molar-refractivity contribution is -0.135. The molecule has 2 nitrogen and oxygen atoms in total. The Balaban J connectivity index is 2.40. The Kier molecular flexibility index (Phi) is 7.17. The maximum Gasteiger partial charge on any atom is 0.225 e. The molecule has 0 aromatic carbocycles. The number of hydrogen-bond acceptors (Lipinski definition) is 1. The molecule has 2 unspecified atom stereocenters. The van der Waals surface area contributed by atoms with Crippen LogP contribution in [0.25, 0.3) is 0 Å². The molecule has 1 aliphatic heterocycles. The fourth-order valence-corrected chi connectivity index (χ4v) is 3.28. The SMILES string of the molecule is CCCCC(CC)C(=O)N1CCC(CCBr)C1. The molecule has 1 rings (SSSR count). The zero-order chi connectivity index (χ0) is 12.7. The molecule has 0 spiro atoms. The first-order valence-electron chi connectivity index (χ1n) is 7.07. The maximum absolute atomic E-state index is 12.3. The average Bonchev–Trinajstić information content (AvgIpc) is 2.79. The van der Waals surface area contributed by atoms with Gasteiger partial charge in [-0.15, -0.1) is 0 Å². The van der Waals surface area contributed by atoms with E-state index in [0.717, 1.165) is 37.2 Å². The summed E-state index contributed by atoms with van der Waals surface area (Å²) in [6, 6.07) is 0. The fraction of sp³-hybridized carbons (Fsp3) is 0.929. The Morgan fingerprint density at radius 1 is 1.47 bits per heavy atom. The van der Waals surface area contributed by atoms with Crippen LogP contribution in [-0.2, 0) is 4.79 Å². The first-order valence-corrected chi connectivity index (χ1v) is 8.19. The topological polar surface area (TPSA) is 20.3 Å². The predicted octanol–water partition coefficient (Wildman–Crippen LogP) is 3.84. The minimum atomic E-state index is 0.276. The van der Waals surface area contributed by atoms with Crippen LogP contribution < -0.4 is 0 Å². The highest BCUT2D eigenvalue weighted by Crippen LogP contribution is 2.24. The van der Waals surface area contributed by atoms with E-state index < -0.39 is 0 Å². The van der Waals surface area contributed by atoms with Gasteiger partial charge in [0.25, 0.3) is 0 Å². The molecule has 17 heavy (non-hydrogen) atoms. The number of alkyl halides is 1. The van der Waals surface area contributed by atoms with Crippen molar-refractivity contribution in [2.45, 2.75) is 52.4 Å². The molecule has 0 aliphatic carbocycles. The summed E-state index contributed by atoms with van der Waals surface area (Å²) in [6.45, 7) is 6.32. The molecule has 0 aromatic rings. The summed E-state index contributed by atoms with van der Waals surface area (Å²) in [5, 5.41) is 1.06. The van der Waals surface area contributed by atoms with Gasteiger partial charge in [0, 0.05) is 24.3 Å². The Labute approximate surface area is 114 Å². The summed E-state index contributed by atoms with van der Waals surface area (Å²) in [4.78, 5) is 14.5. The molecule has 1 fully saturated rings. The molecule has 2 atom stereocenters. The summed E-state index contributed by atoms with van der Waals surface area (Å²) in [7, 11) is 0. The smallest absolute Gasteiger partial charge is 0.225 e. The highest BCUT2D eigenvalue weighted by atomic mass is 79.9. The lowest BCUT2D eigenvalue weighted by atomic mass is 9.98. The van der Waals surface area contributed by atoms with E-state index in [2.05, 4.69) is 34.7 Å². The molecule has 1 aliphatic rings. The van der Waals surface area contributed by atoms with Gasteiger partial charge in [0.05, 0.1) is 0 Å². The summed E-state index contributed by atoms with van der Waals surface area (Å²) >= 11 is 3.49. The van der Waals surface area contributed by atoms with E-state index in [1.807, 2.05) is 0 Å². The minimum absolute atomic E-state index is 0.276. The lowest BCUT2D eigenvalue weighted by Crippen LogP contribution is -2.34. The van der Waals surface area contributed by atoms with Crippen molar-refractivity contribution in [1.29, 1.82) is 0 Å². The number of hydrogen-bond donors (Lipinski definition) is 0. The van der Waals surface area contributed by atoms with E-state index in [9.17, 15) is 4.79 Å². The van der Waals surface area contributed by atoms with Gasteiger partial charge in [-0.25, -0.2) is 0 Å². The molecule has 1 saturated heterocycles. The van der Waals surface area contributed by atoms with Crippen molar-refractivity contribution in [2.24, 2.45) is 11.8 Å². The van der Waals surface area contributed by atoms with Gasteiger partial charge in [0.15, 0.2) is 0 Å². The molecular weight excluding hydrogens is 278 g/mol. The van der Waals surface area contributed by atoms with Crippen molar-refractivity contribution >= 4 is 21.8 Å². The molecule has 0 N–H and O–H groups in total. The van der Waals surface area contributed by atoms with Crippen molar-refractivity contribution in [3.05, 3.63) is 0 Å². The van der Waals surface area contributed by atoms with Crippen LogP contribution in [0.4, 0.5) is 0 Å². The summed E-state index contributed by atoms with van der Waals surface area (Å²) in [5.41, 5.74) is 0. The summed E-state index contributed by atoms with van der Waals surface area (Å²) in [5.74, 6) is 1.41. The van der Waals surface area contributed by atoms with Gasteiger partial charge in [0.2, 0.25) is 5.91 Å². The van der Waals surface area contributed by atoms with Gasteiger partial charge >= 0.3 is 0 Å². The number of likely N-dealkylation sites (tertiary alicyclic amines) is 1. The molecular formula is C14H26BrNO. The molecule has 3 heteroatoms. The van der Waals surface area contributed by atoms with Gasteiger partial charge in [-0.3, -0.25) is 4.79 Å². The van der Waals surface area contributed by atoms with Crippen LogP contribution in [0.2, 0.25) is 0 Å². The molecule has 0 aromatic heterocycles. The molecule has 0 saturated carbocycles. The molecule has 100 valence electrons. The number of nitrogens with zero attached hydrogens (tertiary/aromatic N) is 1. The van der Waals surface area contributed by atoms with Crippen LogP contribution in [0.15, 0.2) is 0 Å². The number of carbonyl (C=O) groups is 1. The summed E-state index contributed by atoms with van der Waals surface area (Å²) < 4.78 is 0. The second-order valence-corrected chi connectivity index (χ2v) is 5.96. The number of rotatable bonds is 7. The van der Waals surface area contributed by atoms with E-state index in [4.69, 9.17) is 0 Å². The molecule has 1 heterocycles. The van der Waals surface area contributed by atoms with Crippen LogP contribution in [-0.4, -0.2) is 29.2 Å². The van der Waals surface area contributed by atoms with Gasteiger partial charge in [-0.05, 0) is 31.6 Å². The normalized spacial score (nSPS) is 21.8. The Morgan fingerprint density at radius 2 is 2.24 bits per heavy atom. The fourth-order valence-electron chi connectivity index (χ4n) is 2.63. The average molecular weight is 304 g/mol. The third kappa shape index (κ3) is 4.61. The monoisotopic (exact) mass is 303 g/mol. The van der Waals surface area contributed by atoms with Crippen molar-refractivity contribution < 1.29 is 4.79 Å². The number of halogens is 1. The molecule has 0 bridgehead atoms. The van der Waals surface area contributed by atoms with Crippen molar-refractivity contribution in [3.63, 3.8) is 0 Å². The number of carbonyl (C=O) groups excluding carboxylic acids is 1. The summed E-state index contributed by atoms with van der Waals surface area (Å²) in [6.07, 6.45) is 6.85. The Morgan fingerprint density at radius 3 is 2.82 bits per heavy atom. The van der Waals surface area contributed by atoms with Crippen LogP contribution in [0, 0.1) is 11.8 Å². The second-order valence-electron chi connectivity index (χ2n) is 5.16. The number of amides is 1. The molecule has 1 amide bonds. The zero-order valence-electron chi connectivity index (χ0n) is 11.3. The van der Waals surface area contributed by atoms with Gasteiger partial charge in [-0.2, -0.15) is 0 Å². The van der Waals surface area contributed by atoms with E-state index in [1.54, 1.807) is 0 Å². The molecule has 0 radical (unpaired) electrons. The highest BCUT2D eigenvalue weighted by Gasteiger charge is 2.29. The predicted molar refractivity (Wildman–Crippen MR) is 76.4 cm³/mol. The van der Waals surface area contributed by atoms with E-state index in [0.29, 0.717) is 5.91 Å². The van der Waals surface area contributed by atoms with Gasteiger partial charge < -0.3 is 4.90 Å². The van der Waals surface area contributed by atoms with E-state index in [1.165, 1.54) is 25.7 Å². The number of unbranched alkanes of at least 4 members (excludes halogenated alkanes) is 1. The van der Waals surface area contributed by atoms with Gasteiger partial charge in [-0.1, -0.05) is 42.6 Å². The van der Waals surface area contributed by atoms with Crippen molar-refractivity contribution in [2.75, 3.05) is 18.4 Å². The Hall–Kier alpha value is -0.0500. The van der Waals surface area contributed by atoms with Gasteiger partial charge in [0.1, 0.15) is 0 Å². The van der Waals surface area contributed by atoms with Crippen molar-refractivity contribution in [1.82, 2.24) is 4.90 Å². The van der Waals surface area contributed by atoms with Crippen LogP contribution >= 0.6 is 15.9 Å².